The molecule has 3 heterocycles. The van der Waals surface area contributed by atoms with E-state index < -0.39 is 18.0 Å². The predicted octanol–water partition coefficient (Wildman–Crippen LogP) is 3.23. The van der Waals surface area contributed by atoms with Crippen LogP contribution in [0.2, 0.25) is 0 Å². The molecule has 0 saturated heterocycles. The Labute approximate surface area is 190 Å². The maximum Gasteiger partial charge on any atom is 0.490 e. The van der Waals surface area contributed by atoms with Crippen molar-refractivity contribution in [3.63, 3.8) is 0 Å². The third-order valence-corrected chi connectivity index (χ3v) is 4.86. The predicted molar refractivity (Wildman–Crippen MR) is 116 cm³/mol. The van der Waals surface area contributed by atoms with Gasteiger partial charge in [-0.05, 0) is 24.3 Å². The summed E-state index contributed by atoms with van der Waals surface area (Å²) < 4.78 is 49.7. The van der Waals surface area contributed by atoms with Crippen molar-refractivity contribution in [3.8, 4) is 17.3 Å². The lowest BCUT2D eigenvalue weighted by Crippen LogP contribution is -2.21. The zero-order valence-corrected chi connectivity index (χ0v) is 18.0. The van der Waals surface area contributed by atoms with Crippen LogP contribution >= 0.6 is 0 Å². The molecule has 4 rings (SSSR count). The Kier molecular flexibility index (Phi) is 6.73. The van der Waals surface area contributed by atoms with E-state index in [4.69, 9.17) is 20.6 Å². The van der Waals surface area contributed by atoms with Crippen LogP contribution in [0.4, 0.5) is 23.4 Å². The fraction of sp³-hybridized carbons (Fsp3) is 0.238. The lowest BCUT2D eigenvalue weighted by atomic mass is 10.1. The number of nitrogens with two attached hydrogens (primary N) is 1. The number of nitrogens with zero attached hydrogens (tertiary/aromatic N) is 5. The van der Waals surface area contributed by atoms with Gasteiger partial charge in [0.25, 0.3) is 0 Å². The Morgan fingerprint density at radius 2 is 1.97 bits per heavy atom. The number of rotatable bonds is 4. The Hall–Kier alpha value is -4.18. The van der Waals surface area contributed by atoms with E-state index >= 15 is 0 Å². The third kappa shape index (κ3) is 4.62. The van der Waals surface area contributed by atoms with Gasteiger partial charge < -0.3 is 25.3 Å². The number of aromatic nitrogens is 4. The van der Waals surface area contributed by atoms with Crippen molar-refractivity contribution in [1.82, 2.24) is 19.1 Å². The number of carbonyl (C=O) groups is 1. The summed E-state index contributed by atoms with van der Waals surface area (Å²) in [6.45, 7) is 0.911. The number of aliphatic carboxylic acids is 1. The fourth-order valence-corrected chi connectivity index (χ4v) is 3.48. The number of anilines is 1. The molecule has 34 heavy (non-hydrogen) atoms. The van der Waals surface area contributed by atoms with Gasteiger partial charge in [0.2, 0.25) is 0 Å². The maximum atomic E-state index is 14.0. The standard InChI is InChI=1S/C19H18FN7.C2HF3O2/c1-23-18-16-17(26(2)10-24-16)14-8-15(27(4-3-21)19(14)25-18)12-5-11(9-22)6-13(20)7-12;3-2(4,5)1(6)7/h5-8,10H,3-4,21H2,1-2H3,(H,23,25);(H,6,7). The second-order valence-corrected chi connectivity index (χ2v) is 7.11. The summed E-state index contributed by atoms with van der Waals surface area (Å²) in [7, 11) is 3.72. The van der Waals surface area contributed by atoms with E-state index in [0.29, 0.717) is 24.5 Å². The number of fused-ring (bicyclic) bond motifs is 3. The Balaban J connectivity index is 0.000000406. The smallest absolute Gasteiger partial charge is 0.475 e. The van der Waals surface area contributed by atoms with Gasteiger partial charge in [-0.15, -0.1) is 0 Å². The van der Waals surface area contributed by atoms with E-state index in [-0.39, 0.29) is 5.56 Å². The number of carboxylic acid groups (broad SMARTS) is 1. The van der Waals surface area contributed by atoms with Gasteiger partial charge in [0.1, 0.15) is 17.0 Å². The Morgan fingerprint density at radius 3 is 2.53 bits per heavy atom. The van der Waals surface area contributed by atoms with Crippen LogP contribution in [0.1, 0.15) is 5.56 Å². The van der Waals surface area contributed by atoms with E-state index in [1.807, 2.05) is 28.3 Å². The van der Waals surface area contributed by atoms with Crippen molar-refractivity contribution in [1.29, 1.82) is 5.26 Å². The normalized spacial score (nSPS) is 11.2. The monoisotopic (exact) mass is 477 g/mol. The molecule has 0 aliphatic carbocycles. The van der Waals surface area contributed by atoms with Gasteiger partial charge in [0, 0.05) is 38.1 Å². The number of hydrogen-bond acceptors (Lipinski definition) is 6. The second-order valence-electron chi connectivity index (χ2n) is 7.11. The second kappa shape index (κ2) is 9.36. The van der Waals surface area contributed by atoms with E-state index in [1.54, 1.807) is 19.4 Å². The summed E-state index contributed by atoms with van der Waals surface area (Å²) in [6, 6.07) is 8.26. The number of pyridine rings is 1. The molecule has 0 spiro atoms. The van der Waals surface area contributed by atoms with Crippen molar-refractivity contribution < 1.29 is 27.5 Å². The summed E-state index contributed by atoms with van der Waals surface area (Å²) in [5.74, 6) is -2.55. The highest BCUT2D eigenvalue weighted by Gasteiger charge is 2.38. The molecule has 0 aliphatic heterocycles. The number of nitriles is 1. The molecule has 4 N–H and O–H groups in total. The molecule has 0 saturated carbocycles. The molecule has 0 unspecified atom stereocenters. The minimum Gasteiger partial charge on any atom is -0.475 e. The van der Waals surface area contributed by atoms with Crippen molar-refractivity contribution in [2.75, 3.05) is 18.9 Å². The summed E-state index contributed by atoms with van der Waals surface area (Å²) in [4.78, 5) is 18.1. The van der Waals surface area contributed by atoms with Crippen LogP contribution in [0.15, 0.2) is 30.6 Å². The van der Waals surface area contributed by atoms with E-state index in [1.165, 1.54) is 12.1 Å². The van der Waals surface area contributed by atoms with E-state index in [0.717, 1.165) is 27.8 Å². The SMILES string of the molecule is CNc1nc2c(cc(-c3cc(F)cc(C#N)c3)n2CCN)c2c1ncn2C.O=C(O)C(F)(F)F. The molecule has 0 bridgehead atoms. The van der Waals surface area contributed by atoms with Crippen molar-refractivity contribution in [2.45, 2.75) is 12.7 Å². The van der Waals surface area contributed by atoms with Crippen molar-refractivity contribution >= 4 is 33.9 Å². The topological polar surface area (TPSA) is 135 Å². The Morgan fingerprint density at radius 1 is 1.29 bits per heavy atom. The number of halogens is 4. The van der Waals surface area contributed by atoms with Crippen molar-refractivity contribution in [2.24, 2.45) is 12.8 Å². The first-order valence-electron chi connectivity index (χ1n) is 9.75. The number of aryl methyl sites for hydroxylation is 1. The maximum absolute atomic E-state index is 14.0. The first kappa shape index (κ1) is 24.5. The van der Waals surface area contributed by atoms with Gasteiger partial charge in [0.05, 0.1) is 29.2 Å². The number of imidazole rings is 1. The third-order valence-electron chi connectivity index (χ3n) is 4.86. The van der Waals surface area contributed by atoms with Gasteiger partial charge >= 0.3 is 12.1 Å². The van der Waals surface area contributed by atoms with E-state index in [9.17, 15) is 22.8 Å². The number of carboxylic acids is 1. The first-order valence-corrected chi connectivity index (χ1v) is 9.75. The van der Waals surface area contributed by atoms with Gasteiger partial charge in [-0.25, -0.2) is 19.2 Å². The summed E-state index contributed by atoms with van der Waals surface area (Å²) in [6.07, 6.45) is -3.34. The van der Waals surface area contributed by atoms with Crippen LogP contribution in [0.5, 0.6) is 0 Å². The van der Waals surface area contributed by atoms with Crippen LogP contribution in [-0.4, -0.2) is 49.9 Å². The van der Waals surface area contributed by atoms with Crippen LogP contribution in [0.3, 0.4) is 0 Å². The number of alkyl halides is 3. The highest BCUT2D eigenvalue weighted by Crippen LogP contribution is 2.34. The van der Waals surface area contributed by atoms with Crippen molar-refractivity contribution in [3.05, 3.63) is 42.0 Å². The molecule has 0 amide bonds. The van der Waals surface area contributed by atoms with Crippen LogP contribution in [0, 0.1) is 17.1 Å². The van der Waals surface area contributed by atoms with Crippen LogP contribution < -0.4 is 11.1 Å². The van der Waals surface area contributed by atoms with Crippen LogP contribution in [-0.2, 0) is 18.4 Å². The van der Waals surface area contributed by atoms with Gasteiger partial charge in [-0.3, -0.25) is 0 Å². The van der Waals surface area contributed by atoms with Gasteiger partial charge in [-0.1, -0.05) is 0 Å². The largest absolute Gasteiger partial charge is 0.490 e. The zero-order valence-electron chi connectivity index (χ0n) is 18.0. The minimum atomic E-state index is -5.08. The average molecular weight is 477 g/mol. The fourth-order valence-electron chi connectivity index (χ4n) is 3.48. The molecule has 178 valence electrons. The molecule has 1 aromatic carbocycles. The Bertz CT molecular complexity index is 1420. The lowest BCUT2D eigenvalue weighted by molar-refractivity contribution is -0.192. The molecule has 9 nitrogen and oxygen atoms in total. The lowest BCUT2D eigenvalue weighted by Gasteiger charge is -2.10. The quantitative estimate of drug-likeness (QED) is 0.384. The zero-order chi connectivity index (χ0) is 25.2. The first-order chi connectivity index (χ1) is 16.0. The van der Waals surface area contributed by atoms with Crippen LogP contribution in [0.25, 0.3) is 33.3 Å². The molecule has 4 aromatic rings. The molecular formula is C21H19F4N7O2. The summed E-state index contributed by atoms with van der Waals surface area (Å²) >= 11 is 0. The number of hydrogen-bond donors (Lipinski definition) is 3. The minimum absolute atomic E-state index is 0.268. The number of nitrogens with one attached hydrogen (secondary N) is 1. The van der Waals surface area contributed by atoms with Gasteiger partial charge in [0.15, 0.2) is 5.82 Å². The highest BCUT2D eigenvalue weighted by molar-refractivity contribution is 6.07. The summed E-state index contributed by atoms with van der Waals surface area (Å²) in [5.41, 5.74) is 9.89. The molecule has 3 aromatic heterocycles. The molecule has 0 aliphatic rings. The average Bonchev–Trinajstić information content (AvgIpc) is 3.33. The number of benzene rings is 1. The highest BCUT2D eigenvalue weighted by atomic mass is 19.4. The van der Waals surface area contributed by atoms with Gasteiger partial charge in [-0.2, -0.15) is 18.4 Å². The molecule has 0 fully saturated rings. The molecular weight excluding hydrogens is 458 g/mol. The summed E-state index contributed by atoms with van der Waals surface area (Å²) in [5, 5.41) is 20.3. The molecule has 13 heteroatoms. The molecule has 0 radical (unpaired) electrons. The van der Waals surface area contributed by atoms with E-state index in [2.05, 4.69) is 10.3 Å². The molecule has 0 atom stereocenters.